The summed E-state index contributed by atoms with van der Waals surface area (Å²) in [4.78, 5) is 0. The lowest BCUT2D eigenvalue weighted by Gasteiger charge is -2.63. The molecule has 1 radical (unpaired) electrons. The third kappa shape index (κ3) is 4.64. The van der Waals surface area contributed by atoms with Crippen LogP contribution in [0.3, 0.4) is 0 Å². The van der Waals surface area contributed by atoms with Gasteiger partial charge >= 0.3 is 0 Å². The molecule has 0 fully saturated rings. The minimum Gasteiger partial charge on any atom is -0.0698 e. The zero-order valence-corrected chi connectivity index (χ0v) is 24.8. The molecule has 27 heavy (non-hydrogen) atoms. The van der Waals surface area contributed by atoms with Gasteiger partial charge in [-0.15, -0.1) is 0 Å². The molecule has 0 nitrogen and oxygen atoms in total. The fourth-order valence-corrected chi connectivity index (χ4v) is 50.2. The molecule has 1 aromatic rings. The second-order valence-electron chi connectivity index (χ2n) is 11.9. The molecule has 155 valence electrons. The van der Waals surface area contributed by atoms with Gasteiger partial charge in [0.05, 0.1) is 8.80 Å². The molecule has 0 aliphatic carbocycles. The maximum absolute atomic E-state index is 2.72. The molecule has 0 aromatic heterocycles. The normalized spacial score (nSPS) is 14.1. The summed E-state index contributed by atoms with van der Waals surface area (Å²) in [6.45, 7) is 34.0. The van der Waals surface area contributed by atoms with Crippen LogP contribution in [0.15, 0.2) is 12.1 Å². The molecule has 0 heterocycles. The van der Waals surface area contributed by atoms with E-state index in [1.165, 1.54) is 24.4 Å². The second kappa shape index (κ2) is 8.45. The van der Waals surface area contributed by atoms with Gasteiger partial charge in [-0.1, -0.05) is 119 Å². The van der Waals surface area contributed by atoms with E-state index in [0.717, 1.165) is 0 Å². The number of hydrogen-bond acceptors (Lipinski definition) is 0. The van der Waals surface area contributed by atoms with E-state index in [-0.39, 0.29) is 0 Å². The minimum absolute atomic E-state index is 0.646. The van der Waals surface area contributed by atoms with Crippen LogP contribution in [0.4, 0.5) is 0 Å². The largest absolute Gasteiger partial charge is 0.0845 e. The third-order valence-corrected chi connectivity index (χ3v) is 39.5. The van der Waals surface area contributed by atoms with E-state index < -0.39 is 33.0 Å². The Morgan fingerprint density at radius 2 is 1.11 bits per heavy atom. The van der Waals surface area contributed by atoms with Crippen molar-refractivity contribution in [1.29, 1.82) is 0 Å². The standard InChI is InChI=1S/C23H47Si4/c1-14-15-16-24(22-20(3)17-19(2)18-21(22)4)23(25(5,6)7,26(8,9)10)27(11,12)13/h17-18H,14-16H2,1-13H3. The average Bonchev–Trinajstić information content (AvgIpc) is 2.38. The van der Waals surface area contributed by atoms with Crippen molar-refractivity contribution < 1.29 is 0 Å². The Bertz CT molecular complexity index is 583. The Hall–Kier alpha value is 0.0875. The number of hydrogen-bond donors (Lipinski definition) is 0. The van der Waals surface area contributed by atoms with E-state index >= 15 is 0 Å². The highest BCUT2D eigenvalue weighted by molar-refractivity contribution is 7.28. The summed E-state index contributed by atoms with van der Waals surface area (Å²) < 4.78 is 0.678. The lowest BCUT2D eigenvalue weighted by molar-refractivity contribution is 0.870. The fourth-order valence-electron chi connectivity index (χ4n) is 7.24. The zero-order chi connectivity index (χ0) is 21.4. The van der Waals surface area contributed by atoms with Crippen molar-refractivity contribution in [3.05, 3.63) is 28.8 Å². The zero-order valence-electron chi connectivity index (χ0n) is 20.8. The molecule has 1 aromatic carbocycles. The van der Waals surface area contributed by atoms with Gasteiger partial charge in [0.25, 0.3) is 0 Å². The lowest BCUT2D eigenvalue weighted by Crippen LogP contribution is -2.74. The Kier molecular flexibility index (Phi) is 7.86. The Labute approximate surface area is 176 Å². The summed E-state index contributed by atoms with van der Waals surface area (Å²) in [7, 11) is -4.83. The SMILES string of the molecule is CCCC[Si](c1c(C)cc(C)cc1C)C([Si](C)(C)C)([Si](C)(C)C)[Si](C)(C)C. The van der Waals surface area contributed by atoms with Crippen LogP contribution >= 0.6 is 0 Å². The van der Waals surface area contributed by atoms with Gasteiger partial charge in [0.2, 0.25) is 0 Å². The maximum Gasteiger partial charge on any atom is 0.0845 e. The van der Waals surface area contributed by atoms with E-state index in [1.54, 1.807) is 11.1 Å². The molecular formula is C23H47Si4. The van der Waals surface area contributed by atoms with E-state index in [1.807, 2.05) is 5.19 Å². The number of benzene rings is 1. The van der Waals surface area contributed by atoms with Gasteiger partial charge in [0, 0.05) is 24.2 Å². The van der Waals surface area contributed by atoms with Crippen LogP contribution in [0.2, 0.25) is 68.9 Å². The number of unbranched alkanes of at least 4 members (excludes halogenated alkanes) is 1. The first-order valence-electron chi connectivity index (χ1n) is 11.0. The summed E-state index contributed by atoms with van der Waals surface area (Å²) in [6, 6.07) is 6.43. The highest BCUT2D eigenvalue weighted by atomic mass is 28.5. The predicted molar refractivity (Wildman–Crippen MR) is 138 cm³/mol. The topological polar surface area (TPSA) is 0 Å². The molecule has 1 rings (SSSR count). The Balaban J connectivity index is 4.01. The molecular weight excluding hydrogens is 389 g/mol. The first-order valence-corrected chi connectivity index (χ1v) is 23.2. The van der Waals surface area contributed by atoms with Crippen LogP contribution in [0.5, 0.6) is 0 Å². The lowest BCUT2D eigenvalue weighted by atomic mass is 10.1. The van der Waals surface area contributed by atoms with Crippen LogP contribution in [0.1, 0.15) is 36.5 Å². The van der Waals surface area contributed by atoms with Crippen molar-refractivity contribution in [1.82, 2.24) is 0 Å². The van der Waals surface area contributed by atoms with Crippen molar-refractivity contribution in [2.24, 2.45) is 0 Å². The molecule has 0 aliphatic heterocycles. The molecule has 0 bridgehead atoms. The summed E-state index contributed by atoms with van der Waals surface area (Å²) in [5, 5.41) is 1.83. The second-order valence-corrected chi connectivity index (χ2v) is 33.3. The minimum atomic E-state index is -1.39. The molecule has 0 amide bonds. The van der Waals surface area contributed by atoms with Crippen molar-refractivity contribution in [3.8, 4) is 0 Å². The smallest absolute Gasteiger partial charge is 0.0698 e. The van der Waals surface area contributed by atoms with Gasteiger partial charge in [0.1, 0.15) is 0 Å². The predicted octanol–water partition coefficient (Wildman–Crippen LogP) is 7.49. The highest BCUT2D eigenvalue weighted by Gasteiger charge is 2.64. The third-order valence-electron chi connectivity index (χ3n) is 6.59. The highest BCUT2D eigenvalue weighted by Crippen LogP contribution is 2.56. The first kappa shape index (κ1) is 25.1. The molecule has 0 saturated carbocycles. The molecule has 4 heteroatoms. The first-order chi connectivity index (χ1) is 12.0. The van der Waals surface area contributed by atoms with E-state index in [9.17, 15) is 0 Å². The van der Waals surface area contributed by atoms with Gasteiger partial charge < -0.3 is 0 Å². The van der Waals surface area contributed by atoms with Gasteiger partial charge in [-0.2, -0.15) is 0 Å². The fraction of sp³-hybridized carbons (Fsp3) is 0.739. The monoisotopic (exact) mass is 435 g/mol. The van der Waals surface area contributed by atoms with E-state index in [0.29, 0.717) is 3.91 Å². The van der Waals surface area contributed by atoms with E-state index in [2.05, 4.69) is 98.8 Å². The van der Waals surface area contributed by atoms with Gasteiger partial charge in [-0.3, -0.25) is 0 Å². The molecule has 0 unspecified atom stereocenters. The summed E-state index contributed by atoms with van der Waals surface area (Å²) in [6.07, 6.45) is 2.74. The van der Waals surface area contributed by atoms with Crippen molar-refractivity contribution in [2.75, 3.05) is 0 Å². The molecule has 0 saturated heterocycles. The molecule has 0 N–H and O–H groups in total. The van der Waals surface area contributed by atoms with Crippen molar-refractivity contribution >= 4 is 38.2 Å². The van der Waals surface area contributed by atoms with Crippen LogP contribution in [-0.2, 0) is 0 Å². The van der Waals surface area contributed by atoms with Gasteiger partial charge in [0.15, 0.2) is 0 Å². The quantitative estimate of drug-likeness (QED) is 0.371. The van der Waals surface area contributed by atoms with Gasteiger partial charge in [-0.25, -0.2) is 0 Å². The van der Waals surface area contributed by atoms with Crippen molar-refractivity contribution in [3.63, 3.8) is 0 Å². The number of aryl methyl sites for hydroxylation is 3. The van der Waals surface area contributed by atoms with Crippen LogP contribution in [-0.4, -0.2) is 33.0 Å². The van der Waals surface area contributed by atoms with Crippen molar-refractivity contribution in [2.45, 2.75) is 109 Å². The van der Waals surface area contributed by atoms with Crippen LogP contribution in [0, 0.1) is 20.8 Å². The Morgan fingerprint density at radius 3 is 1.41 bits per heavy atom. The van der Waals surface area contributed by atoms with E-state index in [4.69, 9.17) is 0 Å². The van der Waals surface area contributed by atoms with Crippen LogP contribution in [0.25, 0.3) is 0 Å². The number of rotatable bonds is 8. The summed E-state index contributed by atoms with van der Waals surface area (Å²) in [5.41, 5.74) is 4.62. The maximum atomic E-state index is 2.72. The Morgan fingerprint density at radius 1 is 0.741 bits per heavy atom. The molecule has 0 aliphatic rings. The van der Waals surface area contributed by atoms with Gasteiger partial charge in [-0.05, 0) is 24.7 Å². The molecule has 0 spiro atoms. The van der Waals surface area contributed by atoms with Crippen LogP contribution < -0.4 is 5.19 Å². The summed E-state index contributed by atoms with van der Waals surface area (Å²) in [5.74, 6) is 0. The summed E-state index contributed by atoms with van der Waals surface area (Å²) >= 11 is 0. The molecule has 0 atom stereocenters. The average molecular weight is 436 g/mol.